The number of benzene rings is 1. The number of amides is 1. The van der Waals surface area contributed by atoms with Crippen LogP contribution in [-0.2, 0) is 4.79 Å². The molecule has 6 heteroatoms. The molecule has 0 unspecified atom stereocenters. The molecule has 0 atom stereocenters. The SMILES string of the molecule is CC(=O)NC1CC(Oc2cc(F)ccc2NO)C1. The summed E-state index contributed by atoms with van der Waals surface area (Å²) >= 11 is 0. The van der Waals surface area contributed by atoms with Crippen LogP contribution in [0.15, 0.2) is 18.2 Å². The monoisotopic (exact) mass is 254 g/mol. The molecule has 0 spiro atoms. The fourth-order valence-electron chi connectivity index (χ4n) is 1.93. The van der Waals surface area contributed by atoms with Crippen LogP contribution >= 0.6 is 0 Å². The van der Waals surface area contributed by atoms with Crippen LogP contribution in [0.5, 0.6) is 5.75 Å². The number of ether oxygens (including phenoxy) is 1. The molecular weight excluding hydrogens is 239 g/mol. The minimum absolute atomic E-state index is 0.0677. The Morgan fingerprint density at radius 2 is 2.22 bits per heavy atom. The normalized spacial score (nSPS) is 21.9. The molecule has 1 aliphatic rings. The van der Waals surface area contributed by atoms with Crippen LogP contribution in [0.3, 0.4) is 0 Å². The highest BCUT2D eigenvalue weighted by molar-refractivity contribution is 5.73. The van der Waals surface area contributed by atoms with Crippen molar-refractivity contribution in [3.05, 3.63) is 24.0 Å². The van der Waals surface area contributed by atoms with Crippen LogP contribution < -0.4 is 15.5 Å². The number of hydrogen-bond donors (Lipinski definition) is 3. The summed E-state index contributed by atoms with van der Waals surface area (Å²) in [6.07, 6.45) is 1.29. The fourth-order valence-corrected chi connectivity index (χ4v) is 1.93. The second kappa shape index (κ2) is 5.22. The predicted molar refractivity (Wildman–Crippen MR) is 63.1 cm³/mol. The van der Waals surface area contributed by atoms with Crippen molar-refractivity contribution in [2.45, 2.75) is 31.9 Å². The average molecular weight is 254 g/mol. The Labute approximate surface area is 104 Å². The van der Waals surface area contributed by atoms with Crippen LogP contribution in [0.2, 0.25) is 0 Å². The van der Waals surface area contributed by atoms with Gasteiger partial charge in [-0.2, -0.15) is 0 Å². The first kappa shape index (κ1) is 12.6. The van der Waals surface area contributed by atoms with Gasteiger partial charge in [-0.3, -0.25) is 15.5 Å². The van der Waals surface area contributed by atoms with Crippen molar-refractivity contribution < 1.29 is 19.1 Å². The van der Waals surface area contributed by atoms with E-state index in [0.29, 0.717) is 18.5 Å². The molecular formula is C12H15FN2O3. The van der Waals surface area contributed by atoms with Gasteiger partial charge in [-0.1, -0.05) is 0 Å². The van der Waals surface area contributed by atoms with Gasteiger partial charge in [0.1, 0.15) is 23.4 Å². The van der Waals surface area contributed by atoms with Gasteiger partial charge in [0.2, 0.25) is 5.91 Å². The van der Waals surface area contributed by atoms with Gasteiger partial charge in [-0.25, -0.2) is 4.39 Å². The molecule has 1 amide bonds. The fraction of sp³-hybridized carbons (Fsp3) is 0.417. The first-order valence-corrected chi connectivity index (χ1v) is 5.72. The van der Waals surface area contributed by atoms with E-state index in [1.54, 1.807) is 0 Å². The second-order valence-corrected chi connectivity index (χ2v) is 4.36. The van der Waals surface area contributed by atoms with Crippen molar-refractivity contribution in [2.24, 2.45) is 0 Å². The summed E-state index contributed by atoms with van der Waals surface area (Å²) in [5.74, 6) is -0.229. The maximum Gasteiger partial charge on any atom is 0.217 e. The lowest BCUT2D eigenvalue weighted by molar-refractivity contribution is -0.120. The minimum atomic E-state index is -0.429. The molecule has 3 N–H and O–H groups in total. The molecule has 1 fully saturated rings. The molecule has 98 valence electrons. The smallest absolute Gasteiger partial charge is 0.217 e. The van der Waals surface area contributed by atoms with Crippen molar-refractivity contribution in [1.82, 2.24) is 5.32 Å². The molecule has 18 heavy (non-hydrogen) atoms. The van der Waals surface area contributed by atoms with Crippen molar-refractivity contribution in [2.75, 3.05) is 5.48 Å². The zero-order valence-electron chi connectivity index (χ0n) is 9.94. The van der Waals surface area contributed by atoms with E-state index in [-0.39, 0.29) is 23.8 Å². The molecule has 0 aliphatic heterocycles. The van der Waals surface area contributed by atoms with Crippen LogP contribution in [0.25, 0.3) is 0 Å². The number of halogens is 1. The van der Waals surface area contributed by atoms with Gasteiger partial charge in [0.25, 0.3) is 0 Å². The number of anilines is 1. The summed E-state index contributed by atoms with van der Waals surface area (Å²) in [6.45, 7) is 1.47. The summed E-state index contributed by atoms with van der Waals surface area (Å²) in [5.41, 5.74) is 2.28. The first-order valence-electron chi connectivity index (χ1n) is 5.72. The van der Waals surface area contributed by atoms with Gasteiger partial charge >= 0.3 is 0 Å². The van der Waals surface area contributed by atoms with E-state index in [4.69, 9.17) is 9.94 Å². The third-order valence-electron chi connectivity index (χ3n) is 2.86. The molecule has 1 saturated carbocycles. The summed E-state index contributed by atoms with van der Waals surface area (Å²) in [5, 5.41) is 11.7. The molecule has 2 rings (SSSR count). The van der Waals surface area contributed by atoms with E-state index in [0.717, 1.165) is 0 Å². The lowest BCUT2D eigenvalue weighted by atomic mass is 9.89. The van der Waals surface area contributed by atoms with E-state index in [9.17, 15) is 9.18 Å². The highest BCUT2D eigenvalue weighted by Gasteiger charge is 2.31. The van der Waals surface area contributed by atoms with E-state index >= 15 is 0 Å². The van der Waals surface area contributed by atoms with Gasteiger partial charge in [0, 0.05) is 31.9 Å². The molecule has 0 saturated heterocycles. The second-order valence-electron chi connectivity index (χ2n) is 4.36. The molecule has 0 heterocycles. The van der Waals surface area contributed by atoms with Crippen molar-refractivity contribution in [3.63, 3.8) is 0 Å². The molecule has 1 aromatic rings. The highest BCUT2D eigenvalue weighted by Crippen LogP contribution is 2.31. The topological polar surface area (TPSA) is 70.6 Å². The Kier molecular flexibility index (Phi) is 3.66. The lowest BCUT2D eigenvalue weighted by Crippen LogP contribution is -2.48. The van der Waals surface area contributed by atoms with Crippen LogP contribution in [0.1, 0.15) is 19.8 Å². The van der Waals surface area contributed by atoms with Gasteiger partial charge in [0.15, 0.2) is 0 Å². The van der Waals surface area contributed by atoms with Gasteiger partial charge in [-0.05, 0) is 12.1 Å². The molecule has 1 aliphatic carbocycles. The Morgan fingerprint density at radius 3 is 2.83 bits per heavy atom. The summed E-state index contributed by atoms with van der Waals surface area (Å²) in [4.78, 5) is 10.8. The van der Waals surface area contributed by atoms with Crippen LogP contribution in [0.4, 0.5) is 10.1 Å². The Balaban J connectivity index is 1.91. The van der Waals surface area contributed by atoms with Crippen molar-refractivity contribution in [1.29, 1.82) is 0 Å². The summed E-state index contributed by atoms with van der Waals surface area (Å²) in [6, 6.07) is 3.96. The Morgan fingerprint density at radius 1 is 1.50 bits per heavy atom. The molecule has 0 bridgehead atoms. The Bertz CT molecular complexity index is 447. The summed E-state index contributed by atoms with van der Waals surface area (Å²) < 4.78 is 18.6. The number of rotatable bonds is 4. The zero-order chi connectivity index (χ0) is 13.1. The molecule has 1 aromatic carbocycles. The number of carbonyl (C=O) groups is 1. The van der Waals surface area contributed by atoms with Gasteiger partial charge < -0.3 is 10.1 Å². The van der Waals surface area contributed by atoms with E-state index in [1.165, 1.54) is 25.1 Å². The number of carbonyl (C=O) groups excluding carboxylic acids is 1. The van der Waals surface area contributed by atoms with Crippen molar-refractivity contribution >= 4 is 11.6 Å². The molecule has 5 nitrogen and oxygen atoms in total. The van der Waals surface area contributed by atoms with E-state index in [2.05, 4.69) is 5.32 Å². The summed E-state index contributed by atoms with van der Waals surface area (Å²) in [7, 11) is 0. The van der Waals surface area contributed by atoms with Gasteiger partial charge in [0.05, 0.1) is 0 Å². The maximum atomic E-state index is 13.1. The third kappa shape index (κ3) is 2.89. The number of nitrogens with one attached hydrogen (secondary N) is 2. The minimum Gasteiger partial charge on any atom is -0.488 e. The van der Waals surface area contributed by atoms with Gasteiger partial charge in [-0.15, -0.1) is 0 Å². The van der Waals surface area contributed by atoms with E-state index < -0.39 is 5.82 Å². The van der Waals surface area contributed by atoms with Crippen LogP contribution in [0, 0.1) is 5.82 Å². The Hall–Kier alpha value is -1.82. The average Bonchev–Trinajstić information content (AvgIpc) is 2.26. The highest BCUT2D eigenvalue weighted by atomic mass is 19.1. The lowest BCUT2D eigenvalue weighted by Gasteiger charge is -2.35. The standard InChI is InChI=1S/C12H15FN2O3/c1-7(16)14-9-5-10(6-9)18-12-4-8(13)2-3-11(12)15-17/h2-4,9-10,15,17H,5-6H2,1H3,(H,14,16). The molecule has 0 aromatic heterocycles. The number of hydrogen-bond acceptors (Lipinski definition) is 4. The predicted octanol–water partition coefficient (Wildman–Crippen LogP) is 1.67. The largest absolute Gasteiger partial charge is 0.488 e. The molecule has 0 radical (unpaired) electrons. The quantitative estimate of drug-likeness (QED) is 0.715. The zero-order valence-corrected chi connectivity index (χ0v) is 9.94. The van der Waals surface area contributed by atoms with E-state index in [1.807, 2.05) is 5.48 Å². The maximum absolute atomic E-state index is 13.1. The van der Waals surface area contributed by atoms with Crippen LogP contribution in [-0.4, -0.2) is 23.3 Å². The van der Waals surface area contributed by atoms with Crippen molar-refractivity contribution in [3.8, 4) is 5.75 Å². The first-order chi connectivity index (χ1) is 8.58. The third-order valence-corrected chi connectivity index (χ3v) is 2.86.